The van der Waals surface area contributed by atoms with E-state index < -0.39 is 5.97 Å². The summed E-state index contributed by atoms with van der Waals surface area (Å²) in [7, 11) is 0. The summed E-state index contributed by atoms with van der Waals surface area (Å²) >= 11 is 7.47. The molecule has 5 heteroatoms. The smallest absolute Gasteiger partial charge is 0.337 e. The largest absolute Gasteiger partial charge is 0.478 e. The molecule has 1 aromatic heterocycles. The molecule has 0 saturated carbocycles. The quantitative estimate of drug-likeness (QED) is 0.822. The van der Waals surface area contributed by atoms with Gasteiger partial charge in [-0.05, 0) is 12.0 Å². The van der Waals surface area contributed by atoms with Crippen molar-refractivity contribution in [3.8, 4) is 0 Å². The van der Waals surface area contributed by atoms with Gasteiger partial charge in [-0.3, -0.25) is 0 Å². The molecule has 0 saturated heterocycles. The van der Waals surface area contributed by atoms with Crippen LogP contribution in [0.25, 0.3) is 0 Å². The number of hydrogen-bond donors (Lipinski definition) is 1. The van der Waals surface area contributed by atoms with Crippen LogP contribution < -0.4 is 0 Å². The lowest BCUT2D eigenvalue weighted by Crippen LogP contribution is -2.01. The lowest BCUT2D eigenvalue weighted by molar-refractivity contribution is 0.0696. The highest BCUT2D eigenvalue weighted by atomic mass is 35.5. The van der Waals surface area contributed by atoms with Gasteiger partial charge in [0.2, 0.25) is 0 Å². The first-order valence-electron chi connectivity index (χ1n) is 5.06. The fraction of sp³-hybridized carbons (Fsp3) is 0.455. The molecule has 1 N–H and O–H groups in total. The molecule has 0 aliphatic heterocycles. The fourth-order valence-electron chi connectivity index (χ4n) is 1.03. The van der Waals surface area contributed by atoms with Crippen LogP contribution in [-0.2, 0) is 0 Å². The minimum Gasteiger partial charge on any atom is -0.478 e. The average Bonchev–Trinajstić information content (AvgIpc) is 2.26. The van der Waals surface area contributed by atoms with Gasteiger partial charge in [-0.25, -0.2) is 9.78 Å². The van der Waals surface area contributed by atoms with Crippen LogP contribution in [0.4, 0.5) is 0 Å². The highest BCUT2D eigenvalue weighted by Gasteiger charge is 2.14. The number of carboxylic acid groups (broad SMARTS) is 1. The number of thioether (sulfide) groups is 1. The van der Waals surface area contributed by atoms with Crippen LogP contribution in [0.15, 0.2) is 17.3 Å². The van der Waals surface area contributed by atoms with Crippen molar-refractivity contribution in [2.24, 2.45) is 5.92 Å². The molecule has 16 heavy (non-hydrogen) atoms. The molecule has 3 nitrogen and oxygen atoms in total. The zero-order valence-electron chi connectivity index (χ0n) is 9.24. The van der Waals surface area contributed by atoms with Crippen molar-refractivity contribution >= 4 is 29.3 Å². The van der Waals surface area contributed by atoms with Gasteiger partial charge in [0.1, 0.15) is 5.03 Å². The van der Waals surface area contributed by atoms with E-state index in [1.165, 1.54) is 24.0 Å². The first kappa shape index (κ1) is 13.3. The van der Waals surface area contributed by atoms with Crippen molar-refractivity contribution in [1.29, 1.82) is 0 Å². The Balaban J connectivity index is 2.81. The third kappa shape index (κ3) is 3.39. The van der Waals surface area contributed by atoms with E-state index in [4.69, 9.17) is 16.7 Å². The minimum atomic E-state index is -1.02. The average molecular weight is 260 g/mol. The van der Waals surface area contributed by atoms with Crippen LogP contribution in [0, 0.1) is 5.92 Å². The molecular weight excluding hydrogens is 246 g/mol. The van der Waals surface area contributed by atoms with Gasteiger partial charge in [0.05, 0.1) is 10.6 Å². The third-order valence-corrected chi connectivity index (χ3v) is 4.10. The predicted molar refractivity (Wildman–Crippen MR) is 66.4 cm³/mol. The van der Waals surface area contributed by atoms with Crippen LogP contribution in [-0.4, -0.2) is 21.8 Å². The van der Waals surface area contributed by atoms with Crippen LogP contribution in [0.5, 0.6) is 0 Å². The van der Waals surface area contributed by atoms with E-state index in [1.807, 2.05) is 0 Å². The number of carbonyl (C=O) groups is 1. The Morgan fingerprint density at radius 2 is 2.38 bits per heavy atom. The number of halogens is 1. The number of rotatable bonds is 5. The maximum Gasteiger partial charge on any atom is 0.337 e. The molecule has 0 aliphatic carbocycles. The summed E-state index contributed by atoms with van der Waals surface area (Å²) in [6.07, 6.45) is 2.57. The van der Waals surface area contributed by atoms with E-state index >= 15 is 0 Å². The number of carboxylic acids is 1. The Bertz CT molecular complexity index is 384. The second kappa shape index (κ2) is 6.11. The van der Waals surface area contributed by atoms with Crippen molar-refractivity contribution < 1.29 is 9.90 Å². The monoisotopic (exact) mass is 259 g/mol. The van der Waals surface area contributed by atoms with Gasteiger partial charge >= 0.3 is 5.97 Å². The first-order chi connectivity index (χ1) is 7.56. The number of aromatic nitrogens is 1. The maximum atomic E-state index is 10.8. The molecule has 1 unspecified atom stereocenters. The lowest BCUT2D eigenvalue weighted by Gasteiger charge is -2.09. The zero-order chi connectivity index (χ0) is 12.1. The normalized spacial score (nSPS) is 12.4. The second-order valence-corrected chi connectivity index (χ2v) is 4.99. The Labute approximate surface area is 104 Å². The van der Waals surface area contributed by atoms with Crippen molar-refractivity contribution in [3.63, 3.8) is 0 Å². The van der Waals surface area contributed by atoms with Crippen molar-refractivity contribution in [3.05, 3.63) is 22.8 Å². The summed E-state index contributed by atoms with van der Waals surface area (Å²) < 4.78 is 0. The molecule has 1 aromatic rings. The molecule has 0 amide bonds. The Morgan fingerprint density at radius 3 is 2.94 bits per heavy atom. The number of nitrogens with zero attached hydrogens (tertiary/aromatic N) is 1. The molecule has 1 rings (SSSR count). The van der Waals surface area contributed by atoms with Crippen LogP contribution in [0.3, 0.4) is 0 Å². The second-order valence-electron chi connectivity index (χ2n) is 3.61. The number of aromatic carboxylic acids is 1. The van der Waals surface area contributed by atoms with E-state index in [9.17, 15) is 4.79 Å². The molecule has 88 valence electrons. The molecular formula is C11H14ClNO2S. The highest BCUT2D eigenvalue weighted by molar-refractivity contribution is 7.99. The summed E-state index contributed by atoms with van der Waals surface area (Å²) in [4.78, 5) is 14.9. The fourth-order valence-corrected chi connectivity index (χ4v) is 2.44. The third-order valence-electron chi connectivity index (χ3n) is 2.29. The maximum absolute atomic E-state index is 10.8. The number of hydrogen-bond acceptors (Lipinski definition) is 3. The van der Waals surface area contributed by atoms with E-state index in [1.54, 1.807) is 0 Å². The van der Waals surface area contributed by atoms with Gasteiger partial charge in [-0.15, -0.1) is 11.8 Å². The van der Waals surface area contributed by atoms with E-state index in [0.717, 1.165) is 12.2 Å². The van der Waals surface area contributed by atoms with Crippen molar-refractivity contribution in [1.82, 2.24) is 4.98 Å². The van der Waals surface area contributed by atoms with Gasteiger partial charge < -0.3 is 5.11 Å². The predicted octanol–water partition coefficient (Wildman–Crippen LogP) is 3.57. The lowest BCUT2D eigenvalue weighted by atomic mass is 10.2. The van der Waals surface area contributed by atoms with Gasteiger partial charge in [-0.1, -0.05) is 31.9 Å². The first-order valence-corrected chi connectivity index (χ1v) is 6.43. The minimum absolute atomic E-state index is 0.114. The molecule has 1 heterocycles. The molecule has 0 bridgehead atoms. The topological polar surface area (TPSA) is 50.2 Å². The van der Waals surface area contributed by atoms with E-state index in [0.29, 0.717) is 10.9 Å². The molecule has 0 fully saturated rings. The molecule has 1 atom stereocenters. The standard InChI is InChI=1S/C11H14ClNO2S/c1-3-7(2)6-16-10-9(12)8(11(14)15)4-5-13-10/h4-5,7H,3,6H2,1-2H3,(H,14,15). The number of pyridine rings is 1. The SMILES string of the molecule is CCC(C)CSc1nccc(C(=O)O)c1Cl. The van der Waals surface area contributed by atoms with Crippen LogP contribution in [0.1, 0.15) is 30.6 Å². The van der Waals surface area contributed by atoms with Crippen LogP contribution >= 0.6 is 23.4 Å². The highest BCUT2D eigenvalue weighted by Crippen LogP contribution is 2.29. The summed E-state index contributed by atoms with van der Waals surface area (Å²) in [6.45, 7) is 4.26. The van der Waals surface area contributed by atoms with Gasteiger partial charge in [0, 0.05) is 11.9 Å². The summed E-state index contributed by atoms with van der Waals surface area (Å²) in [5.74, 6) is 0.445. The Hall–Kier alpha value is -0.740. The van der Waals surface area contributed by atoms with Gasteiger partial charge in [0.25, 0.3) is 0 Å². The Kier molecular flexibility index (Phi) is 5.09. The summed E-state index contributed by atoms with van der Waals surface area (Å²) in [6, 6.07) is 1.41. The van der Waals surface area contributed by atoms with Crippen molar-refractivity contribution in [2.45, 2.75) is 25.3 Å². The summed E-state index contributed by atoms with van der Waals surface area (Å²) in [5, 5.41) is 9.73. The molecule has 0 aliphatic rings. The van der Waals surface area contributed by atoms with Gasteiger partial charge in [0.15, 0.2) is 0 Å². The Morgan fingerprint density at radius 1 is 1.69 bits per heavy atom. The molecule has 0 aromatic carbocycles. The van der Waals surface area contributed by atoms with E-state index in [-0.39, 0.29) is 10.6 Å². The van der Waals surface area contributed by atoms with E-state index in [2.05, 4.69) is 18.8 Å². The zero-order valence-corrected chi connectivity index (χ0v) is 10.8. The van der Waals surface area contributed by atoms with Gasteiger partial charge in [-0.2, -0.15) is 0 Å². The summed E-state index contributed by atoms with van der Waals surface area (Å²) in [5.41, 5.74) is 0.114. The molecule has 0 spiro atoms. The molecule has 0 radical (unpaired) electrons. The van der Waals surface area contributed by atoms with Crippen molar-refractivity contribution in [2.75, 3.05) is 5.75 Å². The van der Waals surface area contributed by atoms with Crippen LogP contribution in [0.2, 0.25) is 5.02 Å².